The van der Waals surface area contributed by atoms with Crippen LogP contribution in [0.1, 0.15) is 44.6 Å². The Kier molecular flexibility index (Phi) is 3.24. The first-order valence-electron chi connectivity index (χ1n) is 5.06. The second kappa shape index (κ2) is 4.44. The minimum atomic E-state index is 0.672. The van der Waals surface area contributed by atoms with Gasteiger partial charge in [-0.25, -0.2) is 0 Å². The molecule has 0 bridgehead atoms. The van der Waals surface area contributed by atoms with Gasteiger partial charge in [-0.2, -0.15) is 5.10 Å². The van der Waals surface area contributed by atoms with Gasteiger partial charge in [0, 0.05) is 6.20 Å². The summed E-state index contributed by atoms with van der Waals surface area (Å²) in [5, 5.41) is 4.39. The molecule has 1 fully saturated rings. The second-order valence-corrected chi connectivity index (χ2v) is 5.03. The topological polar surface area (TPSA) is 17.8 Å². The molecule has 72 valence electrons. The predicted octanol–water partition coefficient (Wildman–Crippen LogP) is 3.38. The molecule has 13 heavy (non-hydrogen) atoms. The Balaban J connectivity index is 2.06. The van der Waals surface area contributed by atoms with Crippen LogP contribution in [-0.4, -0.2) is 9.78 Å². The van der Waals surface area contributed by atoms with Gasteiger partial charge in [-0.05, 0) is 35.4 Å². The summed E-state index contributed by atoms with van der Waals surface area (Å²) in [4.78, 5) is 0. The monoisotopic (exact) mass is 290 g/mol. The van der Waals surface area contributed by atoms with E-state index in [1.807, 2.05) is 6.20 Å². The molecule has 0 unspecified atom stereocenters. The van der Waals surface area contributed by atoms with Gasteiger partial charge in [-0.1, -0.05) is 25.7 Å². The molecule has 1 aromatic heterocycles. The van der Waals surface area contributed by atoms with Gasteiger partial charge in [0.25, 0.3) is 0 Å². The number of hydrogen-bond acceptors (Lipinski definition) is 1. The summed E-state index contributed by atoms with van der Waals surface area (Å²) in [6.07, 6.45) is 12.3. The number of hydrogen-bond donors (Lipinski definition) is 0. The van der Waals surface area contributed by atoms with Gasteiger partial charge in [0.2, 0.25) is 0 Å². The van der Waals surface area contributed by atoms with Crippen molar-refractivity contribution >= 4 is 22.6 Å². The van der Waals surface area contributed by atoms with Crippen molar-refractivity contribution in [2.45, 2.75) is 44.6 Å². The lowest BCUT2D eigenvalue weighted by atomic mass is 10.1. The quantitative estimate of drug-likeness (QED) is 0.572. The molecule has 0 atom stereocenters. The molecule has 0 N–H and O–H groups in total. The molecule has 0 spiro atoms. The molecule has 0 amide bonds. The Morgan fingerprint density at radius 1 is 1.23 bits per heavy atom. The largest absolute Gasteiger partial charge is 0.269 e. The minimum absolute atomic E-state index is 0.672. The lowest BCUT2D eigenvalue weighted by molar-refractivity contribution is 0.405. The zero-order valence-electron chi connectivity index (χ0n) is 7.75. The molecule has 0 saturated heterocycles. The minimum Gasteiger partial charge on any atom is -0.269 e. The molecule has 1 aliphatic rings. The Labute approximate surface area is 92.8 Å². The van der Waals surface area contributed by atoms with Crippen LogP contribution >= 0.6 is 22.6 Å². The van der Waals surface area contributed by atoms with Crippen LogP contribution in [0, 0.1) is 3.57 Å². The Hall–Kier alpha value is -0.0600. The van der Waals surface area contributed by atoms with E-state index in [1.54, 1.807) is 0 Å². The van der Waals surface area contributed by atoms with Crippen molar-refractivity contribution in [2.75, 3.05) is 0 Å². The third kappa shape index (κ3) is 2.45. The molecule has 1 aliphatic carbocycles. The van der Waals surface area contributed by atoms with Crippen molar-refractivity contribution < 1.29 is 0 Å². The Morgan fingerprint density at radius 3 is 2.46 bits per heavy atom. The van der Waals surface area contributed by atoms with E-state index >= 15 is 0 Å². The van der Waals surface area contributed by atoms with Crippen molar-refractivity contribution in [3.05, 3.63) is 16.0 Å². The summed E-state index contributed by atoms with van der Waals surface area (Å²) in [7, 11) is 0. The molecule has 1 aromatic rings. The van der Waals surface area contributed by atoms with E-state index in [9.17, 15) is 0 Å². The van der Waals surface area contributed by atoms with Crippen LogP contribution in [0.3, 0.4) is 0 Å². The highest BCUT2D eigenvalue weighted by atomic mass is 127. The van der Waals surface area contributed by atoms with E-state index in [1.165, 1.54) is 42.1 Å². The lowest BCUT2D eigenvalue weighted by Gasteiger charge is -2.13. The van der Waals surface area contributed by atoms with E-state index in [0.717, 1.165) is 0 Å². The van der Waals surface area contributed by atoms with Gasteiger partial charge >= 0.3 is 0 Å². The molecule has 1 heterocycles. The first-order chi connectivity index (χ1) is 6.36. The molecule has 0 radical (unpaired) electrons. The molecule has 2 rings (SSSR count). The van der Waals surface area contributed by atoms with E-state index in [4.69, 9.17) is 0 Å². The maximum Gasteiger partial charge on any atom is 0.0623 e. The summed E-state index contributed by atoms with van der Waals surface area (Å²) >= 11 is 2.32. The van der Waals surface area contributed by atoms with Crippen molar-refractivity contribution in [2.24, 2.45) is 0 Å². The van der Waals surface area contributed by atoms with Gasteiger partial charge in [0.1, 0.15) is 0 Å². The van der Waals surface area contributed by atoms with Crippen molar-refractivity contribution in [3.63, 3.8) is 0 Å². The van der Waals surface area contributed by atoms with Crippen LogP contribution in [0.4, 0.5) is 0 Å². The Bertz CT molecular complexity index is 262. The Morgan fingerprint density at radius 2 is 1.92 bits per heavy atom. The van der Waals surface area contributed by atoms with E-state index < -0.39 is 0 Å². The normalized spacial score (nSPS) is 20.1. The molecule has 0 aliphatic heterocycles. The fourth-order valence-electron chi connectivity index (χ4n) is 2.04. The molecular formula is C10H15IN2. The molecular weight excluding hydrogens is 275 g/mol. The maximum atomic E-state index is 4.39. The first kappa shape index (κ1) is 9.49. The average Bonchev–Trinajstić information content (AvgIpc) is 2.43. The first-order valence-corrected chi connectivity index (χ1v) is 6.14. The summed E-state index contributed by atoms with van der Waals surface area (Å²) in [5.41, 5.74) is 0. The highest BCUT2D eigenvalue weighted by Gasteiger charge is 2.14. The van der Waals surface area contributed by atoms with Gasteiger partial charge in [0.15, 0.2) is 0 Å². The van der Waals surface area contributed by atoms with Crippen LogP contribution in [0.15, 0.2) is 12.4 Å². The van der Waals surface area contributed by atoms with Crippen LogP contribution in [0.5, 0.6) is 0 Å². The van der Waals surface area contributed by atoms with Crippen LogP contribution in [0.2, 0.25) is 0 Å². The molecule has 3 heteroatoms. The third-order valence-electron chi connectivity index (χ3n) is 2.77. The molecule has 0 aromatic carbocycles. The van der Waals surface area contributed by atoms with Crippen molar-refractivity contribution in [3.8, 4) is 0 Å². The summed E-state index contributed by atoms with van der Waals surface area (Å²) in [6, 6.07) is 0.672. The van der Waals surface area contributed by atoms with Crippen molar-refractivity contribution in [1.29, 1.82) is 0 Å². The molecule has 1 saturated carbocycles. The number of rotatable bonds is 1. The third-order valence-corrected chi connectivity index (χ3v) is 3.33. The SMILES string of the molecule is Ic1cnn(C2CCCCCC2)c1. The highest BCUT2D eigenvalue weighted by molar-refractivity contribution is 14.1. The summed E-state index contributed by atoms with van der Waals surface area (Å²) in [6.45, 7) is 0. The average molecular weight is 290 g/mol. The predicted molar refractivity (Wildman–Crippen MR) is 61.7 cm³/mol. The van der Waals surface area contributed by atoms with E-state index in [2.05, 4.69) is 38.6 Å². The van der Waals surface area contributed by atoms with Crippen LogP contribution < -0.4 is 0 Å². The lowest BCUT2D eigenvalue weighted by Crippen LogP contribution is -2.08. The number of aromatic nitrogens is 2. The van der Waals surface area contributed by atoms with Gasteiger partial charge in [-0.15, -0.1) is 0 Å². The second-order valence-electron chi connectivity index (χ2n) is 3.78. The van der Waals surface area contributed by atoms with Gasteiger partial charge in [0.05, 0.1) is 15.8 Å². The van der Waals surface area contributed by atoms with E-state index in [-0.39, 0.29) is 0 Å². The molecule has 2 nitrogen and oxygen atoms in total. The fourth-order valence-corrected chi connectivity index (χ4v) is 2.45. The van der Waals surface area contributed by atoms with Gasteiger partial charge in [-0.3, -0.25) is 4.68 Å². The zero-order chi connectivity index (χ0) is 9.10. The van der Waals surface area contributed by atoms with Crippen LogP contribution in [0.25, 0.3) is 0 Å². The van der Waals surface area contributed by atoms with Crippen molar-refractivity contribution in [1.82, 2.24) is 9.78 Å². The maximum absolute atomic E-state index is 4.39. The van der Waals surface area contributed by atoms with E-state index in [0.29, 0.717) is 6.04 Å². The standard InChI is InChI=1S/C10H15IN2/c11-9-7-12-13(8-9)10-5-3-1-2-4-6-10/h7-8,10H,1-6H2. The van der Waals surface area contributed by atoms with Gasteiger partial charge < -0.3 is 0 Å². The number of halogens is 1. The fraction of sp³-hybridized carbons (Fsp3) is 0.700. The smallest absolute Gasteiger partial charge is 0.0623 e. The summed E-state index contributed by atoms with van der Waals surface area (Å²) in [5.74, 6) is 0. The number of nitrogens with zero attached hydrogens (tertiary/aromatic N) is 2. The highest BCUT2D eigenvalue weighted by Crippen LogP contribution is 2.26. The summed E-state index contributed by atoms with van der Waals surface area (Å²) < 4.78 is 3.41. The van der Waals surface area contributed by atoms with Crippen LogP contribution in [-0.2, 0) is 0 Å². The zero-order valence-corrected chi connectivity index (χ0v) is 9.90.